The van der Waals surface area contributed by atoms with E-state index in [4.69, 9.17) is 9.15 Å². The number of benzene rings is 2. The van der Waals surface area contributed by atoms with Crippen molar-refractivity contribution in [1.82, 2.24) is 4.98 Å². The lowest BCUT2D eigenvalue weighted by Crippen LogP contribution is -2.20. The number of nitrogens with one attached hydrogen (secondary N) is 1. The average Bonchev–Trinajstić information content (AvgIpc) is 3.34. The molecule has 0 fully saturated rings. The standard InChI is InChI=1S/C27H27N3O3/c1-30(22-7-6-18-11-13-33-26(18)15-22)21-8-9-23-19(14-21)4-3-5-20(23)16-29-25-17-28-12-10-24(25)27(31)32-2/h6-15,17,20,29H,3-5,16H2,1-2H3/t20-/m0/s1. The molecule has 6 heteroatoms. The van der Waals surface area contributed by atoms with Crippen LogP contribution in [0.15, 0.2) is 71.6 Å². The summed E-state index contributed by atoms with van der Waals surface area (Å²) in [6.07, 6.45) is 8.34. The molecule has 0 saturated carbocycles. The van der Waals surface area contributed by atoms with Crippen LogP contribution in [0.25, 0.3) is 11.0 Å². The van der Waals surface area contributed by atoms with Crippen LogP contribution in [0.1, 0.15) is 40.2 Å². The number of carbonyl (C=O) groups is 1. The van der Waals surface area contributed by atoms with Crippen LogP contribution in [0.5, 0.6) is 0 Å². The van der Waals surface area contributed by atoms with E-state index in [1.165, 1.54) is 18.2 Å². The SMILES string of the molecule is COC(=O)c1ccncc1NC[C@@H]1CCCc2cc(N(C)c3ccc4ccoc4c3)ccc21. The fourth-order valence-corrected chi connectivity index (χ4v) is 4.68. The number of hydrogen-bond acceptors (Lipinski definition) is 6. The van der Waals surface area contributed by atoms with Crippen molar-refractivity contribution >= 4 is 34.0 Å². The number of anilines is 3. The summed E-state index contributed by atoms with van der Waals surface area (Å²) in [5, 5.41) is 4.54. The van der Waals surface area contributed by atoms with E-state index in [-0.39, 0.29) is 5.97 Å². The molecule has 4 aromatic rings. The first-order chi connectivity index (χ1) is 16.1. The van der Waals surface area contributed by atoms with Gasteiger partial charge in [0.25, 0.3) is 0 Å². The normalized spacial score (nSPS) is 15.2. The van der Waals surface area contributed by atoms with Gasteiger partial charge in [-0.25, -0.2) is 4.79 Å². The van der Waals surface area contributed by atoms with Gasteiger partial charge in [0.05, 0.1) is 30.8 Å². The van der Waals surface area contributed by atoms with Gasteiger partial charge in [0.15, 0.2) is 0 Å². The van der Waals surface area contributed by atoms with Crippen LogP contribution in [0.4, 0.5) is 17.1 Å². The molecular weight excluding hydrogens is 414 g/mol. The summed E-state index contributed by atoms with van der Waals surface area (Å²) in [4.78, 5) is 18.4. The Labute approximate surface area is 193 Å². The molecule has 0 unspecified atom stereocenters. The third-order valence-electron chi connectivity index (χ3n) is 6.54. The monoisotopic (exact) mass is 441 g/mol. The van der Waals surface area contributed by atoms with E-state index in [2.05, 4.69) is 58.6 Å². The number of aryl methyl sites for hydroxylation is 1. The molecule has 1 atom stereocenters. The maximum Gasteiger partial charge on any atom is 0.340 e. The number of furan rings is 1. The Morgan fingerprint density at radius 3 is 2.91 bits per heavy atom. The van der Waals surface area contributed by atoms with E-state index >= 15 is 0 Å². The molecule has 0 radical (unpaired) electrons. The lowest BCUT2D eigenvalue weighted by atomic mass is 9.82. The molecule has 33 heavy (non-hydrogen) atoms. The third-order valence-corrected chi connectivity index (χ3v) is 6.54. The largest absolute Gasteiger partial charge is 0.465 e. The summed E-state index contributed by atoms with van der Waals surface area (Å²) in [5.74, 6) is 0.0163. The highest BCUT2D eigenvalue weighted by molar-refractivity contribution is 5.95. The maximum absolute atomic E-state index is 12.1. The molecule has 0 amide bonds. The number of aromatic nitrogens is 1. The van der Waals surface area contributed by atoms with E-state index in [9.17, 15) is 4.79 Å². The minimum atomic E-state index is -0.357. The lowest BCUT2D eigenvalue weighted by molar-refractivity contribution is 0.0601. The molecule has 2 heterocycles. The topological polar surface area (TPSA) is 67.6 Å². The summed E-state index contributed by atoms with van der Waals surface area (Å²) in [6, 6.07) is 16.7. The van der Waals surface area contributed by atoms with Gasteiger partial charge in [0.2, 0.25) is 0 Å². The molecule has 2 aromatic carbocycles. The highest BCUT2D eigenvalue weighted by Crippen LogP contribution is 2.36. The van der Waals surface area contributed by atoms with Gasteiger partial charge in [-0.15, -0.1) is 0 Å². The van der Waals surface area contributed by atoms with Crippen LogP contribution in [-0.2, 0) is 11.2 Å². The summed E-state index contributed by atoms with van der Waals surface area (Å²) in [6.45, 7) is 0.743. The van der Waals surface area contributed by atoms with Gasteiger partial charge in [-0.05, 0) is 66.8 Å². The first-order valence-corrected chi connectivity index (χ1v) is 11.2. The molecule has 5 rings (SSSR count). The minimum Gasteiger partial charge on any atom is -0.465 e. The highest BCUT2D eigenvalue weighted by atomic mass is 16.5. The average molecular weight is 442 g/mol. The van der Waals surface area contributed by atoms with E-state index in [1.807, 2.05) is 6.07 Å². The van der Waals surface area contributed by atoms with Gasteiger partial charge >= 0.3 is 5.97 Å². The zero-order valence-electron chi connectivity index (χ0n) is 18.9. The number of carbonyl (C=O) groups excluding carboxylic acids is 1. The lowest BCUT2D eigenvalue weighted by Gasteiger charge is -2.28. The fourth-order valence-electron chi connectivity index (χ4n) is 4.68. The smallest absolute Gasteiger partial charge is 0.340 e. The first kappa shape index (κ1) is 21.1. The predicted octanol–water partition coefficient (Wildman–Crippen LogP) is 5.91. The molecule has 0 saturated heterocycles. The van der Waals surface area contributed by atoms with Gasteiger partial charge in [-0.2, -0.15) is 0 Å². The molecular formula is C27H27N3O3. The molecule has 0 spiro atoms. The number of fused-ring (bicyclic) bond motifs is 2. The van der Waals surface area contributed by atoms with Crippen molar-refractivity contribution in [2.75, 3.05) is 30.9 Å². The van der Waals surface area contributed by atoms with Crippen LogP contribution in [0.3, 0.4) is 0 Å². The number of ether oxygens (including phenoxy) is 1. The van der Waals surface area contributed by atoms with Crippen LogP contribution in [-0.4, -0.2) is 31.7 Å². The van der Waals surface area contributed by atoms with Crippen molar-refractivity contribution in [3.63, 3.8) is 0 Å². The Morgan fingerprint density at radius 1 is 1.18 bits per heavy atom. The molecule has 1 N–H and O–H groups in total. The van der Waals surface area contributed by atoms with Crippen molar-refractivity contribution in [3.05, 3.63) is 83.9 Å². The second-order valence-electron chi connectivity index (χ2n) is 8.47. The zero-order chi connectivity index (χ0) is 22.8. The van der Waals surface area contributed by atoms with Crippen molar-refractivity contribution in [3.8, 4) is 0 Å². The molecule has 2 aromatic heterocycles. The zero-order valence-corrected chi connectivity index (χ0v) is 18.9. The van der Waals surface area contributed by atoms with Gasteiger partial charge in [0, 0.05) is 48.5 Å². The second-order valence-corrected chi connectivity index (χ2v) is 8.47. The fraction of sp³-hybridized carbons (Fsp3) is 0.259. The van der Waals surface area contributed by atoms with Crippen LogP contribution < -0.4 is 10.2 Å². The van der Waals surface area contributed by atoms with Crippen molar-refractivity contribution in [1.29, 1.82) is 0 Å². The van der Waals surface area contributed by atoms with Gasteiger partial charge in [-0.3, -0.25) is 4.98 Å². The number of pyridine rings is 1. The number of hydrogen-bond donors (Lipinski definition) is 1. The van der Waals surface area contributed by atoms with Gasteiger partial charge < -0.3 is 19.4 Å². The third kappa shape index (κ3) is 4.16. The number of methoxy groups -OCH3 is 1. The Bertz CT molecular complexity index is 1300. The van der Waals surface area contributed by atoms with Crippen molar-refractivity contribution in [2.45, 2.75) is 25.2 Å². The van der Waals surface area contributed by atoms with E-state index in [0.29, 0.717) is 17.2 Å². The van der Waals surface area contributed by atoms with E-state index < -0.39 is 0 Å². The van der Waals surface area contributed by atoms with Crippen LogP contribution >= 0.6 is 0 Å². The number of esters is 1. The van der Waals surface area contributed by atoms with Crippen LogP contribution in [0.2, 0.25) is 0 Å². The van der Waals surface area contributed by atoms with Gasteiger partial charge in [0.1, 0.15) is 5.58 Å². The Kier molecular flexibility index (Phi) is 5.73. The predicted molar refractivity (Wildman–Crippen MR) is 130 cm³/mol. The minimum absolute atomic E-state index is 0.357. The molecule has 0 bridgehead atoms. The van der Waals surface area contributed by atoms with Crippen molar-refractivity contribution in [2.24, 2.45) is 0 Å². The Balaban J connectivity index is 1.35. The second kappa shape index (κ2) is 8.98. The molecule has 6 nitrogen and oxygen atoms in total. The van der Waals surface area contributed by atoms with E-state index in [0.717, 1.165) is 48.2 Å². The summed E-state index contributed by atoms with van der Waals surface area (Å²) >= 11 is 0. The quantitative estimate of drug-likeness (QED) is 0.375. The number of nitrogens with zero attached hydrogens (tertiary/aromatic N) is 2. The maximum atomic E-state index is 12.1. The molecule has 1 aliphatic rings. The van der Waals surface area contributed by atoms with Gasteiger partial charge in [-0.1, -0.05) is 6.07 Å². The Hall–Kier alpha value is -3.80. The highest BCUT2D eigenvalue weighted by Gasteiger charge is 2.22. The summed E-state index contributed by atoms with van der Waals surface area (Å²) < 4.78 is 10.5. The van der Waals surface area contributed by atoms with Crippen molar-refractivity contribution < 1.29 is 13.9 Å². The molecule has 1 aliphatic carbocycles. The molecule has 168 valence electrons. The summed E-state index contributed by atoms with van der Waals surface area (Å²) in [5.41, 5.74) is 7.12. The summed E-state index contributed by atoms with van der Waals surface area (Å²) in [7, 11) is 3.48. The molecule has 0 aliphatic heterocycles. The van der Waals surface area contributed by atoms with Crippen LogP contribution in [0, 0.1) is 0 Å². The van der Waals surface area contributed by atoms with E-state index in [1.54, 1.807) is 24.7 Å². The number of rotatable bonds is 6. The Morgan fingerprint density at radius 2 is 2.03 bits per heavy atom. The first-order valence-electron chi connectivity index (χ1n) is 11.2.